The van der Waals surface area contributed by atoms with Crippen LogP contribution in [0.15, 0.2) is 88.7 Å². The van der Waals surface area contributed by atoms with Crippen molar-refractivity contribution in [2.45, 2.75) is 80.9 Å². The van der Waals surface area contributed by atoms with Crippen LogP contribution in [0, 0.1) is 0 Å². The molecule has 0 fully saturated rings. The molecule has 40 heavy (non-hydrogen) atoms. The van der Waals surface area contributed by atoms with E-state index in [0.29, 0.717) is 22.8 Å². The van der Waals surface area contributed by atoms with Crippen LogP contribution in [0.3, 0.4) is 0 Å². The maximum absolute atomic E-state index is 13.8. The normalized spacial score (nSPS) is 11.3. The molecule has 6 nitrogen and oxygen atoms in total. The number of aliphatic carboxylic acids is 1. The van der Waals surface area contributed by atoms with Gasteiger partial charge in [-0.15, -0.1) is 11.8 Å². The lowest BCUT2D eigenvalue weighted by molar-refractivity contribution is -0.136. The molecule has 0 aliphatic heterocycles. The number of hydrogen-bond acceptors (Lipinski definition) is 5. The first kappa shape index (κ1) is 31.4. The summed E-state index contributed by atoms with van der Waals surface area (Å²) in [5, 5.41) is 8.90. The molecule has 3 aromatic rings. The van der Waals surface area contributed by atoms with Gasteiger partial charge in [-0.25, -0.2) is 12.7 Å². The largest absolute Gasteiger partial charge is 0.481 e. The minimum Gasteiger partial charge on any atom is -0.481 e. The third-order valence-corrected chi connectivity index (χ3v) is 9.40. The van der Waals surface area contributed by atoms with Crippen LogP contribution in [0.1, 0.15) is 69.4 Å². The second-order valence-electron chi connectivity index (χ2n) is 9.72. The van der Waals surface area contributed by atoms with Crippen LogP contribution in [0.2, 0.25) is 0 Å². The van der Waals surface area contributed by atoms with Gasteiger partial charge in [-0.3, -0.25) is 9.59 Å². The van der Waals surface area contributed by atoms with Gasteiger partial charge in [-0.05, 0) is 61.1 Å². The average molecular weight is 582 g/mol. The zero-order valence-electron chi connectivity index (χ0n) is 23.1. The quantitative estimate of drug-likeness (QED) is 0.131. The molecule has 0 aliphatic carbocycles. The van der Waals surface area contributed by atoms with Crippen molar-refractivity contribution in [3.63, 3.8) is 0 Å². The molecule has 1 N–H and O–H groups in total. The highest BCUT2D eigenvalue weighted by Crippen LogP contribution is 2.31. The van der Waals surface area contributed by atoms with Gasteiger partial charge >= 0.3 is 5.97 Å². The molecule has 3 aromatic carbocycles. The average Bonchev–Trinajstić information content (AvgIpc) is 2.95. The van der Waals surface area contributed by atoms with E-state index in [-0.39, 0.29) is 17.7 Å². The number of para-hydroxylation sites is 1. The first-order chi connectivity index (χ1) is 19.3. The number of carboxylic acids is 1. The molecule has 0 saturated carbocycles. The van der Waals surface area contributed by atoms with Gasteiger partial charge in [0, 0.05) is 17.1 Å². The lowest BCUT2D eigenvalue weighted by Crippen LogP contribution is -2.37. The predicted octanol–water partition coefficient (Wildman–Crippen LogP) is 7.51. The molecular formula is C32H39NO5S2. The topological polar surface area (TPSA) is 91.8 Å². The van der Waals surface area contributed by atoms with Gasteiger partial charge < -0.3 is 5.11 Å². The molecule has 1 amide bonds. The Bertz CT molecular complexity index is 1340. The summed E-state index contributed by atoms with van der Waals surface area (Å²) < 4.78 is 28.6. The van der Waals surface area contributed by atoms with Gasteiger partial charge in [0.15, 0.2) is 0 Å². The number of carbonyl (C=O) groups is 2. The van der Waals surface area contributed by atoms with Crippen molar-refractivity contribution in [1.29, 1.82) is 0 Å². The summed E-state index contributed by atoms with van der Waals surface area (Å²) in [6.07, 6.45) is 8.44. The van der Waals surface area contributed by atoms with Crippen LogP contribution >= 0.6 is 11.8 Å². The number of sulfonamides is 1. The van der Waals surface area contributed by atoms with E-state index in [0.717, 1.165) is 35.6 Å². The van der Waals surface area contributed by atoms with E-state index in [1.807, 2.05) is 18.2 Å². The highest BCUT2D eigenvalue weighted by Gasteiger charge is 2.31. The van der Waals surface area contributed by atoms with Gasteiger partial charge in [-0.1, -0.05) is 87.2 Å². The number of thioether (sulfide) groups is 1. The molecule has 3 rings (SSSR count). The van der Waals surface area contributed by atoms with Crippen LogP contribution in [-0.2, 0) is 32.5 Å². The monoisotopic (exact) mass is 581 g/mol. The second kappa shape index (κ2) is 16.2. The molecular weight excluding hydrogens is 542 g/mol. The van der Waals surface area contributed by atoms with E-state index in [4.69, 9.17) is 5.11 Å². The molecule has 0 atom stereocenters. The Morgan fingerprint density at radius 1 is 0.800 bits per heavy atom. The van der Waals surface area contributed by atoms with Crippen molar-refractivity contribution in [3.05, 3.63) is 90.0 Å². The molecule has 0 saturated heterocycles. The number of carbonyl (C=O) groups excluding carboxylic acids is 1. The number of hydrogen-bond donors (Lipinski definition) is 1. The summed E-state index contributed by atoms with van der Waals surface area (Å²) in [7, 11) is -4.17. The minimum atomic E-state index is -4.17. The van der Waals surface area contributed by atoms with E-state index in [1.165, 1.54) is 48.7 Å². The Morgan fingerprint density at radius 3 is 2.15 bits per heavy atom. The second-order valence-corrected chi connectivity index (χ2v) is 12.7. The molecule has 0 aromatic heterocycles. The fourth-order valence-corrected chi connectivity index (χ4v) is 7.09. The van der Waals surface area contributed by atoms with Crippen LogP contribution < -0.4 is 4.31 Å². The molecule has 0 heterocycles. The summed E-state index contributed by atoms with van der Waals surface area (Å²) in [6, 6.07) is 24.1. The lowest BCUT2D eigenvalue weighted by atomic mass is 10.0. The van der Waals surface area contributed by atoms with Crippen molar-refractivity contribution in [2.24, 2.45) is 0 Å². The summed E-state index contributed by atoms with van der Waals surface area (Å²) >= 11 is 1.27. The zero-order valence-corrected chi connectivity index (χ0v) is 24.8. The Balaban J connectivity index is 1.64. The van der Waals surface area contributed by atoms with E-state index in [2.05, 4.69) is 24.3 Å². The fraction of sp³-hybridized carbons (Fsp3) is 0.375. The van der Waals surface area contributed by atoms with Crippen molar-refractivity contribution >= 4 is 39.3 Å². The first-order valence-electron chi connectivity index (χ1n) is 14.0. The van der Waals surface area contributed by atoms with Crippen LogP contribution in [0.25, 0.3) is 0 Å². The third-order valence-electron chi connectivity index (χ3n) is 6.67. The molecule has 0 aliphatic rings. The number of anilines is 1. The Hall–Kier alpha value is -3.10. The molecule has 0 bridgehead atoms. The number of amides is 1. The molecule has 0 radical (unpaired) electrons. The summed E-state index contributed by atoms with van der Waals surface area (Å²) in [5.74, 6) is -1.07. The molecule has 0 unspecified atom stereocenters. The van der Waals surface area contributed by atoms with Crippen molar-refractivity contribution in [2.75, 3.05) is 10.1 Å². The van der Waals surface area contributed by atoms with Crippen molar-refractivity contribution < 1.29 is 23.1 Å². The number of nitrogens with zero attached hydrogens (tertiary/aromatic N) is 1. The number of rotatable bonds is 17. The number of unbranched alkanes of at least 4 members (excludes halogenated alkanes) is 5. The Labute approximate surface area is 242 Å². The van der Waals surface area contributed by atoms with Gasteiger partial charge in [0.05, 0.1) is 17.0 Å². The minimum absolute atomic E-state index is 0.0138. The SMILES string of the molecule is CCC(=O)N(c1ccccc1CCCCCCCCc1ccccc1)S(=O)(=O)c1cccc(SCCC(=O)O)c1. The van der Waals surface area contributed by atoms with Crippen molar-refractivity contribution in [1.82, 2.24) is 0 Å². The maximum Gasteiger partial charge on any atom is 0.304 e. The highest BCUT2D eigenvalue weighted by atomic mass is 32.2. The van der Waals surface area contributed by atoms with Crippen LogP contribution in [0.5, 0.6) is 0 Å². The van der Waals surface area contributed by atoms with E-state index < -0.39 is 21.9 Å². The lowest BCUT2D eigenvalue weighted by Gasteiger charge is -2.25. The van der Waals surface area contributed by atoms with Crippen LogP contribution in [-0.4, -0.2) is 31.2 Å². The van der Waals surface area contributed by atoms with Gasteiger partial charge in [0.25, 0.3) is 10.0 Å². The summed E-state index contributed by atoms with van der Waals surface area (Å²) in [4.78, 5) is 24.6. The Kier molecular flexibility index (Phi) is 12.8. The molecule has 0 spiro atoms. The van der Waals surface area contributed by atoms with E-state index in [1.54, 1.807) is 31.2 Å². The Morgan fingerprint density at radius 2 is 1.45 bits per heavy atom. The van der Waals surface area contributed by atoms with Gasteiger partial charge in [0.2, 0.25) is 5.91 Å². The van der Waals surface area contributed by atoms with E-state index in [9.17, 15) is 18.0 Å². The van der Waals surface area contributed by atoms with E-state index >= 15 is 0 Å². The highest BCUT2D eigenvalue weighted by molar-refractivity contribution is 7.99. The summed E-state index contributed by atoms with van der Waals surface area (Å²) in [6.45, 7) is 1.66. The molecule has 8 heteroatoms. The molecule has 214 valence electrons. The standard InChI is InChI=1S/C32H39NO5S2/c1-2-31(34)33(40(37,38)29-21-14-20-28(25-29)39-24-23-32(35)36)30-22-13-12-19-27(30)18-11-6-4-3-5-8-15-26-16-9-7-10-17-26/h7,9-10,12-14,16-17,19-22,25H,2-6,8,11,15,18,23-24H2,1H3,(H,35,36). The predicted molar refractivity (Wildman–Crippen MR) is 162 cm³/mol. The zero-order chi connectivity index (χ0) is 28.8. The first-order valence-corrected chi connectivity index (χ1v) is 16.4. The van der Waals surface area contributed by atoms with Crippen molar-refractivity contribution in [3.8, 4) is 0 Å². The summed E-state index contributed by atoms with van der Waals surface area (Å²) in [5.41, 5.74) is 2.62. The third kappa shape index (κ3) is 9.52. The smallest absolute Gasteiger partial charge is 0.304 e. The number of carboxylic acid groups (broad SMARTS) is 1. The van der Waals surface area contributed by atoms with Crippen LogP contribution in [0.4, 0.5) is 5.69 Å². The van der Waals surface area contributed by atoms with Gasteiger partial charge in [-0.2, -0.15) is 0 Å². The number of aryl methyl sites for hydroxylation is 2. The number of benzene rings is 3. The van der Waals surface area contributed by atoms with Gasteiger partial charge in [0.1, 0.15) is 0 Å². The fourth-order valence-electron chi connectivity index (χ4n) is 4.54. The maximum atomic E-state index is 13.8.